The average molecular weight is 256 g/mol. The fraction of sp³-hybridized carbons (Fsp3) is 0.364. The van der Waals surface area contributed by atoms with Crippen molar-refractivity contribution in [1.82, 2.24) is 0 Å². The predicted molar refractivity (Wildman–Crippen MR) is 61.4 cm³/mol. The summed E-state index contributed by atoms with van der Waals surface area (Å²) in [5, 5.41) is 10.7. The highest BCUT2D eigenvalue weighted by atomic mass is 19.1. The molecule has 1 rings (SSSR count). The molecule has 6 nitrogen and oxygen atoms in total. The fourth-order valence-electron chi connectivity index (χ4n) is 1.55. The molecule has 0 aliphatic rings. The van der Waals surface area contributed by atoms with Crippen molar-refractivity contribution >= 4 is 11.7 Å². The number of nitro benzene ring substituents is 1. The molecule has 1 unspecified atom stereocenters. The van der Waals surface area contributed by atoms with E-state index in [2.05, 4.69) is 4.74 Å². The number of carbonyl (C=O) groups excluding carboxylic acids is 1. The van der Waals surface area contributed by atoms with E-state index in [9.17, 15) is 19.3 Å². The summed E-state index contributed by atoms with van der Waals surface area (Å²) in [5.41, 5.74) is 5.61. The summed E-state index contributed by atoms with van der Waals surface area (Å²) in [7, 11) is 1.22. The van der Waals surface area contributed by atoms with Crippen LogP contribution in [0.2, 0.25) is 0 Å². The van der Waals surface area contributed by atoms with Gasteiger partial charge in [-0.25, -0.2) is 4.39 Å². The zero-order chi connectivity index (χ0) is 13.7. The second kappa shape index (κ2) is 6.06. The lowest BCUT2D eigenvalue weighted by molar-refractivity contribution is -0.385. The second-order valence-corrected chi connectivity index (χ2v) is 3.77. The van der Waals surface area contributed by atoms with E-state index in [4.69, 9.17) is 5.73 Å². The van der Waals surface area contributed by atoms with Crippen LogP contribution in [0.15, 0.2) is 18.2 Å². The van der Waals surface area contributed by atoms with Crippen LogP contribution in [-0.4, -0.2) is 24.0 Å². The van der Waals surface area contributed by atoms with E-state index in [1.165, 1.54) is 7.11 Å². The molecule has 98 valence electrons. The number of esters is 1. The Hall–Kier alpha value is -2.02. The van der Waals surface area contributed by atoms with Gasteiger partial charge in [0.2, 0.25) is 0 Å². The van der Waals surface area contributed by atoms with E-state index < -0.39 is 22.8 Å². The third-order valence-corrected chi connectivity index (χ3v) is 2.38. The summed E-state index contributed by atoms with van der Waals surface area (Å²) in [5.74, 6) is -1.09. The van der Waals surface area contributed by atoms with Gasteiger partial charge in [-0.3, -0.25) is 14.9 Å². The molecular formula is C11H13FN2O4. The van der Waals surface area contributed by atoms with Gasteiger partial charge in [-0.15, -0.1) is 0 Å². The van der Waals surface area contributed by atoms with Crippen molar-refractivity contribution in [3.05, 3.63) is 39.7 Å². The minimum atomic E-state index is -0.655. The number of rotatable bonds is 5. The maximum absolute atomic E-state index is 13.0. The normalized spacial score (nSPS) is 11.9. The summed E-state index contributed by atoms with van der Waals surface area (Å²) in [4.78, 5) is 21.1. The number of benzene rings is 1. The molecule has 0 aliphatic heterocycles. The number of halogens is 1. The Morgan fingerprint density at radius 1 is 1.61 bits per heavy atom. The van der Waals surface area contributed by atoms with Crippen molar-refractivity contribution in [2.24, 2.45) is 5.73 Å². The highest BCUT2D eigenvalue weighted by Crippen LogP contribution is 2.21. The highest BCUT2D eigenvalue weighted by molar-refractivity contribution is 5.70. The SMILES string of the molecule is COC(=O)CC(N)Cc1cc(F)ccc1[N+](=O)[O-]. The quantitative estimate of drug-likeness (QED) is 0.484. The molecule has 0 spiro atoms. The largest absolute Gasteiger partial charge is 0.469 e. The molecule has 0 bridgehead atoms. The van der Waals surface area contributed by atoms with Gasteiger partial charge in [-0.2, -0.15) is 0 Å². The summed E-state index contributed by atoms with van der Waals surface area (Å²) in [6.07, 6.45) is -0.0483. The van der Waals surface area contributed by atoms with Gasteiger partial charge in [-0.1, -0.05) is 0 Å². The molecule has 1 aromatic rings. The molecule has 0 saturated carbocycles. The van der Waals surface area contributed by atoms with Gasteiger partial charge in [-0.05, 0) is 18.6 Å². The average Bonchev–Trinajstić information content (AvgIpc) is 2.28. The number of hydrogen-bond donors (Lipinski definition) is 1. The van der Waals surface area contributed by atoms with E-state index >= 15 is 0 Å². The molecular weight excluding hydrogens is 243 g/mol. The maximum Gasteiger partial charge on any atom is 0.307 e. The van der Waals surface area contributed by atoms with Gasteiger partial charge >= 0.3 is 5.97 Å². The number of nitrogens with two attached hydrogens (primary N) is 1. The number of nitrogens with zero attached hydrogens (tertiary/aromatic N) is 1. The van der Waals surface area contributed by atoms with Crippen molar-refractivity contribution in [3.8, 4) is 0 Å². The molecule has 7 heteroatoms. The molecule has 0 amide bonds. The molecule has 1 aromatic carbocycles. The van der Waals surface area contributed by atoms with Crippen molar-refractivity contribution in [2.75, 3.05) is 7.11 Å². The lowest BCUT2D eigenvalue weighted by atomic mass is 10.0. The molecule has 0 radical (unpaired) electrons. The Balaban J connectivity index is 2.85. The first-order valence-electron chi connectivity index (χ1n) is 5.19. The van der Waals surface area contributed by atoms with Gasteiger partial charge in [0.05, 0.1) is 18.5 Å². The van der Waals surface area contributed by atoms with Gasteiger partial charge in [0.15, 0.2) is 0 Å². The van der Waals surface area contributed by atoms with Crippen molar-refractivity contribution in [1.29, 1.82) is 0 Å². The lowest BCUT2D eigenvalue weighted by Gasteiger charge is -2.10. The zero-order valence-corrected chi connectivity index (χ0v) is 9.76. The Kier molecular flexibility index (Phi) is 4.73. The monoisotopic (exact) mass is 256 g/mol. The third-order valence-electron chi connectivity index (χ3n) is 2.38. The van der Waals surface area contributed by atoms with Crippen LogP contribution >= 0.6 is 0 Å². The molecule has 0 heterocycles. The molecule has 2 N–H and O–H groups in total. The number of carbonyl (C=O) groups is 1. The minimum absolute atomic E-state index is 0.0309. The fourth-order valence-corrected chi connectivity index (χ4v) is 1.55. The van der Waals surface area contributed by atoms with Crippen LogP contribution in [0.3, 0.4) is 0 Å². The third kappa shape index (κ3) is 3.77. The summed E-state index contributed by atoms with van der Waals surface area (Å²) < 4.78 is 17.5. The molecule has 18 heavy (non-hydrogen) atoms. The van der Waals surface area contributed by atoms with E-state index in [-0.39, 0.29) is 24.1 Å². The van der Waals surface area contributed by atoms with Crippen molar-refractivity contribution in [2.45, 2.75) is 18.9 Å². The van der Waals surface area contributed by atoms with E-state index in [1.54, 1.807) is 0 Å². The predicted octanol–water partition coefficient (Wildman–Crippen LogP) is 1.17. The molecule has 0 aromatic heterocycles. The summed E-state index contributed by atoms with van der Waals surface area (Å²) in [6.45, 7) is 0. The number of nitro groups is 1. The smallest absolute Gasteiger partial charge is 0.307 e. The molecule has 1 atom stereocenters. The molecule has 0 aliphatic carbocycles. The first-order valence-corrected chi connectivity index (χ1v) is 5.19. The first kappa shape index (κ1) is 14.0. The van der Waals surface area contributed by atoms with Gasteiger partial charge < -0.3 is 10.5 Å². The van der Waals surface area contributed by atoms with E-state index in [0.29, 0.717) is 0 Å². The summed E-state index contributed by atoms with van der Waals surface area (Å²) in [6, 6.07) is 2.48. The van der Waals surface area contributed by atoms with Crippen LogP contribution in [0.5, 0.6) is 0 Å². The van der Waals surface area contributed by atoms with E-state index in [0.717, 1.165) is 18.2 Å². The maximum atomic E-state index is 13.0. The van der Waals surface area contributed by atoms with Gasteiger partial charge in [0.1, 0.15) is 5.82 Å². The lowest BCUT2D eigenvalue weighted by Crippen LogP contribution is -2.27. The van der Waals surface area contributed by atoms with Gasteiger partial charge in [0, 0.05) is 17.7 Å². The van der Waals surface area contributed by atoms with E-state index in [1.807, 2.05) is 0 Å². The number of methoxy groups -OCH3 is 1. The van der Waals surface area contributed by atoms with Crippen molar-refractivity contribution in [3.63, 3.8) is 0 Å². The van der Waals surface area contributed by atoms with Crippen LogP contribution in [0.1, 0.15) is 12.0 Å². The summed E-state index contributed by atoms with van der Waals surface area (Å²) >= 11 is 0. The number of hydrogen-bond acceptors (Lipinski definition) is 5. The Bertz CT molecular complexity index is 464. The van der Waals surface area contributed by atoms with Crippen LogP contribution in [-0.2, 0) is 16.0 Å². The van der Waals surface area contributed by atoms with Crippen LogP contribution in [0.25, 0.3) is 0 Å². The Morgan fingerprint density at radius 2 is 2.28 bits per heavy atom. The van der Waals surface area contributed by atoms with Crippen LogP contribution < -0.4 is 5.73 Å². The minimum Gasteiger partial charge on any atom is -0.469 e. The van der Waals surface area contributed by atoms with Crippen LogP contribution in [0, 0.1) is 15.9 Å². The topological polar surface area (TPSA) is 95.5 Å². The Morgan fingerprint density at radius 3 is 2.83 bits per heavy atom. The highest BCUT2D eigenvalue weighted by Gasteiger charge is 2.18. The molecule has 0 saturated heterocycles. The van der Waals surface area contributed by atoms with Crippen LogP contribution in [0.4, 0.5) is 10.1 Å². The van der Waals surface area contributed by atoms with Crippen molar-refractivity contribution < 1.29 is 18.8 Å². The standard InChI is InChI=1S/C11H13FN2O4/c1-18-11(15)6-9(13)5-7-4-8(12)2-3-10(7)14(16)17/h2-4,9H,5-6,13H2,1H3. The zero-order valence-electron chi connectivity index (χ0n) is 9.76. The molecule has 0 fully saturated rings. The number of ether oxygens (including phenoxy) is 1. The van der Waals surface area contributed by atoms with Gasteiger partial charge in [0.25, 0.3) is 5.69 Å². The Labute approximate surface area is 103 Å². The second-order valence-electron chi connectivity index (χ2n) is 3.77. The first-order chi connectivity index (χ1) is 8.43.